The van der Waals surface area contributed by atoms with Gasteiger partial charge in [-0.2, -0.15) is 13.2 Å². The smallest absolute Gasteiger partial charge is 0.389 e. The Hall–Kier alpha value is -1.44. The van der Waals surface area contributed by atoms with Crippen LogP contribution in [0.4, 0.5) is 27.6 Å². The highest BCUT2D eigenvalue weighted by Crippen LogP contribution is 2.32. The van der Waals surface area contributed by atoms with Gasteiger partial charge < -0.3 is 10.6 Å². The van der Waals surface area contributed by atoms with Crippen LogP contribution >= 0.6 is 12.2 Å². The van der Waals surface area contributed by atoms with Crippen molar-refractivity contribution >= 4 is 22.9 Å². The molecule has 0 saturated heterocycles. The third-order valence-corrected chi connectivity index (χ3v) is 2.63. The fourth-order valence-corrected chi connectivity index (χ4v) is 1.71. The molecule has 0 saturated carbocycles. The fraction of sp³-hybridized carbons (Fsp3) is 0.364. The molecule has 0 amide bonds. The van der Waals surface area contributed by atoms with E-state index >= 15 is 0 Å². The number of anilines is 1. The van der Waals surface area contributed by atoms with Gasteiger partial charge in [0.25, 0.3) is 6.43 Å². The van der Waals surface area contributed by atoms with E-state index in [9.17, 15) is 22.0 Å². The zero-order valence-electron chi connectivity index (χ0n) is 9.84. The van der Waals surface area contributed by atoms with Crippen molar-refractivity contribution < 1.29 is 22.0 Å². The number of hydrogen-bond donors (Lipinski definition) is 1. The monoisotopic (exact) mass is 298 g/mol. The minimum Gasteiger partial charge on any atom is -0.389 e. The van der Waals surface area contributed by atoms with Gasteiger partial charge in [0.1, 0.15) is 4.99 Å². The largest absolute Gasteiger partial charge is 0.416 e. The number of alkyl halides is 5. The SMILES string of the molecule is CN(CC(F)F)c1ccc(C(F)(F)F)cc1C(N)=S. The van der Waals surface area contributed by atoms with E-state index in [1.165, 1.54) is 7.05 Å². The van der Waals surface area contributed by atoms with Gasteiger partial charge >= 0.3 is 6.18 Å². The summed E-state index contributed by atoms with van der Waals surface area (Å²) >= 11 is 4.66. The maximum atomic E-state index is 12.6. The normalized spacial score (nSPS) is 11.7. The van der Waals surface area contributed by atoms with E-state index in [1.54, 1.807) is 0 Å². The van der Waals surface area contributed by atoms with Gasteiger partial charge in [0.05, 0.1) is 12.1 Å². The molecule has 0 fully saturated rings. The molecule has 19 heavy (non-hydrogen) atoms. The van der Waals surface area contributed by atoms with Gasteiger partial charge in [0, 0.05) is 18.3 Å². The van der Waals surface area contributed by atoms with Gasteiger partial charge in [-0.25, -0.2) is 8.78 Å². The Labute approximate surface area is 112 Å². The highest BCUT2D eigenvalue weighted by Gasteiger charge is 2.31. The summed E-state index contributed by atoms with van der Waals surface area (Å²) in [6, 6.07) is 2.65. The summed E-state index contributed by atoms with van der Waals surface area (Å²) in [6.45, 7) is -0.624. The zero-order valence-corrected chi connectivity index (χ0v) is 10.7. The van der Waals surface area contributed by atoms with E-state index < -0.39 is 24.7 Å². The molecular weight excluding hydrogens is 287 g/mol. The lowest BCUT2D eigenvalue weighted by Crippen LogP contribution is -2.27. The van der Waals surface area contributed by atoms with Gasteiger partial charge in [0.2, 0.25) is 0 Å². The summed E-state index contributed by atoms with van der Waals surface area (Å²) in [6.07, 6.45) is -7.16. The standard InChI is InChI=1S/C11H11F5N2S/c1-18(5-9(12)13)8-3-2-6(11(14,15)16)4-7(8)10(17)19/h2-4,9H,5H2,1H3,(H2,17,19). The summed E-state index contributed by atoms with van der Waals surface area (Å²) in [7, 11) is 1.33. The topological polar surface area (TPSA) is 29.3 Å². The molecular formula is C11H11F5N2S. The van der Waals surface area contributed by atoms with Crippen molar-refractivity contribution in [3.05, 3.63) is 29.3 Å². The van der Waals surface area contributed by atoms with Crippen LogP contribution in [0, 0.1) is 0 Å². The maximum absolute atomic E-state index is 12.6. The summed E-state index contributed by atoms with van der Waals surface area (Å²) in [5.74, 6) is 0. The molecule has 106 valence electrons. The molecule has 0 aliphatic carbocycles. The Morgan fingerprint density at radius 1 is 1.37 bits per heavy atom. The number of benzene rings is 1. The first kappa shape index (κ1) is 15.6. The lowest BCUT2D eigenvalue weighted by molar-refractivity contribution is -0.137. The van der Waals surface area contributed by atoms with E-state index in [1.807, 2.05) is 0 Å². The van der Waals surface area contributed by atoms with Crippen LogP contribution < -0.4 is 10.6 Å². The third kappa shape index (κ3) is 4.02. The Balaban J connectivity index is 3.23. The number of nitrogens with two attached hydrogens (primary N) is 1. The van der Waals surface area contributed by atoms with E-state index in [2.05, 4.69) is 12.2 Å². The Kier molecular flexibility index (Phi) is 4.67. The molecule has 1 rings (SSSR count). The van der Waals surface area contributed by atoms with Crippen LogP contribution in [0.2, 0.25) is 0 Å². The lowest BCUT2D eigenvalue weighted by atomic mass is 10.1. The van der Waals surface area contributed by atoms with Crippen LogP contribution in [-0.2, 0) is 6.18 Å². The van der Waals surface area contributed by atoms with E-state index in [-0.39, 0.29) is 16.2 Å². The minimum absolute atomic E-state index is 0.0759. The Bertz CT molecular complexity index is 473. The molecule has 0 unspecified atom stereocenters. The highest BCUT2D eigenvalue weighted by atomic mass is 32.1. The fourth-order valence-electron chi connectivity index (χ4n) is 1.55. The van der Waals surface area contributed by atoms with Crippen LogP contribution in [0.5, 0.6) is 0 Å². The predicted molar refractivity (Wildman–Crippen MR) is 66.6 cm³/mol. The average molecular weight is 298 g/mol. The van der Waals surface area contributed by atoms with Crippen molar-refractivity contribution in [2.75, 3.05) is 18.5 Å². The van der Waals surface area contributed by atoms with Gasteiger partial charge in [-0.15, -0.1) is 0 Å². The molecule has 0 aliphatic heterocycles. The van der Waals surface area contributed by atoms with Crippen molar-refractivity contribution in [1.29, 1.82) is 0 Å². The summed E-state index contributed by atoms with van der Waals surface area (Å²) in [5, 5.41) is 0. The molecule has 0 spiro atoms. The van der Waals surface area contributed by atoms with Crippen molar-refractivity contribution in [3.8, 4) is 0 Å². The maximum Gasteiger partial charge on any atom is 0.416 e. The quantitative estimate of drug-likeness (QED) is 0.684. The van der Waals surface area contributed by atoms with Gasteiger partial charge in [0.15, 0.2) is 0 Å². The molecule has 1 aromatic rings. The minimum atomic E-state index is -4.54. The molecule has 0 atom stereocenters. The lowest BCUT2D eigenvalue weighted by Gasteiger charge is -2.22. The molecule has 0 bridgehead atoms. The van der Waals surface area contributed by atoms with Crippen LogP contribution in [0.1, 0.15) is 11.1 Å². The van der Waals surface area contributed by atoms with Crippen molar-refractivity contribution in [1.82, 2.24) is 0 Å². The van der Waals surface area contributed by atoms with Gasteiger partial charge in [-0.1, -0.05) is 12.2 Å². The van der Waals surface area contributed by atoms with Gasteiger partial charge in [-0.3, -0.25) is 0 Å². The molecule has 2 N–H and O–H groups in total. The Morgan fingerprint density at radius 3 is 2.37 bits per heavy atom. The second kappa shape index (κ2) is 5.68. The first-order valence-electron chi connectivity index (χ1n) is 5.13. The van der Waals surface area contributed by atoms with E-state index in [0.29, 0.717) is 0 Å². The zero-order chi connectivity index (χ0) is 14.8. The summed E-state index contributed by atoms with van der Waals surface area (Å²) < 4.78 is 62.2. The molecule has 8 heteroatoms. The molecule has 0 aromatic heterocycles. The number of rotatable bonds is 4. The second-order valence-corrected chi connectivity index (χ2v) is 4.31. The summed E-state index contributed by atoms with van der Waals surface area (Å²) in [5.41, 5.74) is 4.48. The first-order chi connectivity index (χ1) is 8.62. The number of halogens is 5. The average Bonchev–Trinajstić information content (AvgIpc) is 2.25. The van der Waals surface area contributed by atoms with Crippen LogP contribution in [0.3, 0.4) is 0 Å². The van der Waals surface area contributed by atoms with E-state index in [4.69, 9.17) is 5.73 Å². The highest BCUT2D eigenvalue weighted by molar-refractivity contribution is 7.80. The number of hydrogen-bond acceptors (Lipinski definition) is 2. The van der Waals surface area contributed by atoms with E-state index in [0.717, 1.165) is 23.1 Å². The molecule has 0 aliphatic rings. The Morgan fingerprint density at radius 2 is 1.95 bits per heavy atom. The number of thiocarbonyl (C=S) groups is 1. The third-order valence-electron chi connectivity index (χ3n) is 2.41. The molecule has 2 nitrogen and oxygen atoms in total. The molecule has 0 radical (unpaired) electrons. The van der Waals surface area contributed by atoms with Crippen molar-refractivity contribution in [2.24, 2.45) is 5.73 Å². The predicted octanol–water partition coefficient (Wildman–Crippen LogP) is 3.04. The molecule has 1 aromatic carbocycles. The summed E-state index contributed by atoms with van der Waals surface area (Å²) in [4.78, 5) is 0.835. The second-order valence-electron chi connectivity index (χ2n) is 3.87. The number of nitrogens with zero attached hydrogens (tertiary/aromatic N) is 1. The van der Waals surface area contributed by atoms with Crippen LogP contribution in [0.15, 0.2) is 18.2 Å². The first-order valence-corrected chi connectivity index (χ1v) is 5.54. The molecule has 0 heterocycles. The van der Waals surface area contributed by atoms with Crippen LogP contribution in [0.25, 0.3) is 0 Å². The van der Waals surface area contributed by atoms with Crippen molar-refractivity contribution in [2.45, 2.75) is 12.6 Å². The van der Waals surface area contributed by atoms with Gasteiger partial charge in [-0.05, 0) is 18.2 Å². The van der Waals surface area contributed by atoms with Crippen LogP contribution in [-0.4, -0.2) is 25.0 Å². The van der Waals surface area contributed by atoms with Crippen molar-refractivity contribution in [3.63, 3.8) is 0 Å².